The molecule has 0 aromatic rings. The second-order valence-corrected chi connectivity index (χ2v) is 6.89. The van der Waals surface area contributed by atoms with Crippen molar-refractivity contribution < 1.29 is 9.47 Å². The SMILES string of the molecule is CN=C(NCC(C)CN1CCOCC1)N(C)CCOCC1CC1.I. The number of nitrogens with zero attached hydrogens (tertiary/aromatic N) is 3. The summed E-state index contributed by atoms with van der Waals surface area (Å²) in [5, 5.41) is 3.48. The first-order chi connectivity index (χ1) is 11.2. The maximum atomic E-state index is 5.71. The van der Waals surface area contributed by atoms with Crippen molar-refractivity contribution in [2.75, 3.05) is 73.2 Å². The average molecular weight is 454 g/mol. The van der Waals surface area contributed by atoms with Gasteiger partial charge in [0, 0.05) is 53.4 Å². The largest absolute Gasteiger partial charge is 0.379 e. The van der Waals surface area contributed by atoms with Crippen molar-refractivity contribution in [3.8, 4) is 0 Å². The molecule has 0 aromatic carbocycles. The number of morpholine rings is 1. The van der Waals surface area contributed by atoms with E-state index < -0.39 is 0 Å². The van der Waals surface area contributed by atoms with Gasteiger partial charge in [0.05, 0.1) is 19.8 Å². The van der Waals surface area contributed by atoms with Crippen molar-refractivity contribution >= 4 is 29.9 Å². The predicted molar refractivity (Wildman–Crippen MR) is 109 cm³/mol. The number of ether oxygens (including phenoxy) is 2. The van der Waals surface area contributed by atoms with Crippen LogP contribution in [0.25, 0.3) is 0 Å². The van der Waals surface area contributed by atoms with E-state index in [4.69, 9.17) is 9.47 Å². The van der Waals surface area contributed by atoms with Crippen LogP contribution >= 0.6 is 24.0 Å². The van der Waals surface area contributed by atoms with E-state index in [1.807, 2.05) is 7.05 Å². The number of hydrogen-bond donors (Lipinski definition) is 1. The zero-order valence-corrected chi connectivity index (χ0v) is 17.8. The lowest BCUT2D eigenvalue weighted by atomic mass is 10.1. The monoisotopic (exact) mass is 454 g/mol. The van der Waals surface area contributed by atoms with Gasteiger partial charge in [-0.2, -0.15) is 0 Å². The summed E-state index contributed by atoms with van der Waals surface area (Å²) in [6.07, 6.45) is 2.69. The molecule has 1 saturated carbocycles. The van der Waals surface area contributed by atoms with E-state index in [0.717, 1.165) is 71.0 Å². The molecule has 1 aliphatic carbocycles. The molecule has 7 heteroatoms. The molecule has 142 valence electrons. The minimum absolute atomic E-state index is 0. The minimum atomic E-state index is 0. The van der Waals surface area contributed by atoms with Gasteiger partial charge in [0.2, 0.25) is 0 Å². The first-order valence-electron chi connectivity index (χ1n) is 8.98. The van der Waals surface area contributed by atoms with E-state index in [-0.39, 0.29) is 24.0 Å². The maximum absolute atomic E-state index is 5.71. The van der Waals surface area contributed by atoms with Crippen molar-refractivity contribution in [1.29, 1.82) is 0 Å². The van der Waals surface area contributed by atoms with Gasteiger partial charge in [-0.25, -0.2) is 0 Å². The third kappa shape index (κ3) is 8.82. The van der Waals surface area contributed by atoms with Gasteiger partial charge in [-0.1, -0.05) is 6.92 Å². The molecule has 1 atom stereocenters. The molecule has 24 heavy (non-hydrogen) atoms. The third-order valence-electron chi connectivity index (χ3n) is 4.48. The lowest BCUT2D eigenvalue weighted by molar-refractivity contribution is 0.0320. The lowest BCUT2D eigenvalue weighted by Crippen LogP contribution is -2.45. The summed E-state index contributed by atoms with van der Waals surface area (Å²) in [5.41, 5.74) is 0. The molecule has 0 amide bonds. The fourth-order valence-electron chi connectivity index (χ4n) is 2.78. The maximum Gasteiger partial charge on any atom is 0.193 e. The quantitative estimate of drug-likeness (QED) is 0.248. The molecule has 0 bridgehead atoms. The molecule has 1 unspecified atom stereocenters. The van der Waals surface area contributed by atoms with Crippen molar-refractivity contribution in [3.05, 3.63) is 0 Å². The van der Waals surface area contributed by atoms with E-state index in [2.05, 4.69) is 34.1 Å². The third-order valence-corrected chi connectivity index (χ3v) is 4.48. The van der Waals surface area contributed by atoms with Gasteiger partial charge in [-0.15, -0.1) is 24.0 Å². The topological polar surface area (TPSA) is 49.3 Å². The van der Waals surface area contributed by atoms with Crippen LogP contribution in [-0.2, 0) is 9.47 Å². The number of aliphatic imine (C=N–C) groups is 1. The van der Waals surface area contributed by atoms with Crippen LogP contribution in [0.4, 0.5) is 0 Å². The summed E-state index contributed by atoms with van der Waals surface area (Å²) in [7, 11) is 3.92. The van der Waals surface area contributed by atoms with Crippen LogP contribution in [0, 0.1) is 11.8 Å². The first-order valence-corrected chi connectivity index (χ1v) is 8.98. The summed E-state index contributed by atoms with van der Waals surface area (Å²) in [4.78, 5) is 9.00. The summed E-state index contributed by atoms with van der Waals surface area (Å²) < 4.78 is 11.1. The average Bonchev–Trinajstić information content (AvgIpc) is 3.37. The summed E-state index contributed by atoms with van der Waals surface area (Å²) in [5.74, 6) is 2.37. The zero-order chi connectivity index (χ0) is 16.5. The molecular weight excluding hydrogens is 419 g/mol. The van der Waals surface area contributed by atoms with Crippen LogP contribution in [0.3, 0.4) is 0 Å². The van der Waals surface area contributed by atoms with Crippen molar-refractivity contribution in [2.24, 2.45) is 16.8 Å². The highest BCUT2D eigenvalue weighted by Gasteiger charge is 2.21. The minimum Gasteiger partial charge on any atom is -0.379 e. The summed E-state index contributed by atoms with van der Waals surface area (Å²) in [6, 6.07) is 0. The Morgan fingerprint density at radius 1 is 1.38 bits per heavy atom. The molecule has 0 spiro atoms. The Morgan fingerprint density at radius 3 is 2.71 bits per heavy atom. The van der Waals surface area contributed by atoms with Gasteiger partial charge in [-0.05, 0) is 24.7 Å². The molecule has 1 N–H and O–H groups in total. The van der Waals surface area contributed by atoms with Gasteiger partial charge in [0.15, 0.2) is 5.96 Å². The Kier molecular flexibility index (Phi) is 11.2. The van der Waals surface area contributed by atoms with Crippen LogP contribution in [0.15, 0.2) is 4.99 Å². The number of likely N-dealkylation sites (N-methyl/N-ethyl adjacent to an activating group) is 1. The summed E-state index contributed by atoms with van der Waals surface area (Å²) in [6.45, 7) is 10.8. The lowest BCUT2D eigenvalue weighted by Gasteiger charge is -2.30. The smallest absolute Gasteiger partial charge is 0.193 e. The van der Waals surface area contributed by atoms with E-state index in [9.17, 15) is 0 Å². The molecular formula is C17H35IN4O2. The van der Waals surface area contributed by atoms with Crippen LogP contribution in [0.5, 0.6) is 0 Å². The van der Waals surface area contributed by atoms with E-state index in [0.29, 0.717) is 5.92 Å². The van der Waals surface area contributed by atoms with Gasteiger partial charge >= 0.3 is 0 Å². The van der Waals surface area contributed by atoms with E-state index >= 15 is 0 Å². The second kappa shape index (κ2) is 12.3. The number of guanidine groups is 1. The molecule has 2 aliphatic rings. The van der Waals surface area contributed by atoms with E-state index in [1.54, 1.807) is 0 Å². The van der Waals surface area contributed by atoms with Crippen molar-refractivity contribution in [2.45, 2.75) is 19.8 Å². The second-order valence-electron chi connectivity index (χ2n) is 6.89. The van der Waals surface area contributed by atoms with Crippen LogP contribution in [0.1, 0.15) is 19.8 Å². The number of halogens is 1. The standard InChI is InChI=1S/C17H34N4O2.HI/c1-15(13-21-7-10-22-11-8-21)12-19-17(18-2)20(3)6-9-23-14-16-4-5-16;/h15-16H,4-14H2,1-3H3,(H,18,19);1H. The Hall–Kier alpha value is -0.120. The number of hydrogen-bond acceptors (Lipinski definition) is 4. The molecule has 0 aromatic heterocycles. The van der Waals surface area contributed by atoms with Gasteiger partial charge < -0.3 is 19.7 Å². The Morgan fingerprint density at radius 2 is 2.08 bits per heavy atom. The highest BCUT2D eigenvalue weighted by molar-refractivity contribution is 14.0. The highest BCUT2D eigenvalue weighted by Crippen LogP contribution is 2.28. The van der Waals surface area contributed by atoms with Gasteiger partial charge in [0.1, 0.15) is 0 Å². The molecule has 1 aliphatic heterocycles. The highest BCUT2D eigenvalue weighted by atomic mass is 127. The molecule has 2 fully saturated rings. The van der Waals surface area contributed by atoms with Crippen molar-refractivity contribution in [3.63, 3.8) is 0 Å². The molecule has 2 rings (SSSR count). The molecule has 1 heterocycles. The van der Waals surface area contributed by atoms with Gasteiger partial charge in [0.25, 0.3) is 0 Å². The fourth-order valence-corrected chi connectivity index (χ4v) is 2.78. The van der Waals surface area contributed by atoms with Crippen LogP contribution in [0.2, 0.25) is 0 Å². The predicted octanol–water partition coefficient (Wildman–Crippen LogP) is 1.51. The Bertz CT molecular complexity index is 360. The van der Waals surface area contributed by atoms with Crippen LogP contribution < -0.4 is 5.32 Å². The van der Waals surface area contributed by atoms with E-state index in [1.165, 1.54) is 12.8 Å². The Balaban J connectivity index is 0.00000288. The molecule has 6 nitrogen and oxygen atoms in total. The molecule has 0 radical (unpaired) electrons. The van der Waals surface area contributed by atoms with Crippen molar-refractivity contribution in [1.82, 2.24) is 15.1 Å². The number of nitrogens with one attached hydrogen (secondary N) is 1. The first kappa shape index (κ1) is 21.9. The normalized spacial score (nSPS) is 20.4. The summed E-state index contributed by atoms with van der Waals surface area (Å²) >= 11 is 0. The van der Waals surface area contributed by atoms with Crippen LogP contribution in [-0.4, -0.2) is 89.0 Å². The molecule has 1 saturated heterocycles. The fraction of sp³-hybridized carbons (Fsp3) is 0.941. The Labute approximate surface area is 164 Å². The van der Waals surface area contributed by atoms with Gasteiger partial charge in [-0.3, -0.25) is 9.89 Å². The number of rotatable bonds is 9. The zero-order valence-electron chi connectivity index (χ0n) is 15.5.